The van der Waals surface area contributed by atoms with Crippen molar-refractivity contribution in [3.8, 4) is 0 Å². The van der Waals surface area contributed by atoms with Crippen LogP contribution in [0.2, 0.25) is 0 Å². The van der Waals surface area contributed by atoms with Crippen molar-refractivity contribution >= 4 is 0 Å². The number of hydrogen-bond acceptors (Lipinski definition) is 2. The number of nitrogens with one attached hydrogen (secondary N) is 1. The van der Waals surface area contributed by atoms with Crippen molar-refractivity contribution in [3.63, 3.8) is 0 Å². The van der Waals surface area contributed by atoms with Gasteiger partial charge < -0.3 is 10.4 Å². The maximum atomic E-state index is 9.56. The van der Waals surface area contributed by atoms with Crippen LogP contribution >= 0.6 is 0 Å². The average molecular weight is 199 g/mol. The first-order valence-electron chi connectivity index (χ1n) is 5.74. The molecule has 0 atom stereocenters. The number of rotatable bonds is 5. The summed E-state index contributed by atoms with van der Waals surface area (Å²) in [5.74, 6) is 0.886. The number of hydrogen-bond donors (Lipinski definition) is 2. The van der Waals surface area contributed by atoms with Gasteiger partial charge in [-0.05, 0) is 38.0 Å². The van der Waals surface area contributed by atoms with E-state index in [2.05, 4.69) is 19.2 Å². The molecule has 1 aliphatic carbocycles. The highest BCUT2D eigenvalue weighted by molar-refractivity contribution is 4.86. The molecule has 0 unspecified atom stereocenters. The molecule has 0 aromatic carbocycles. The monoisotopic (exact) mass is 199 g/mol. The fourth-order valence-electron chi connectivity index (χ4n) is 2.02. The Balaban J connectivity index is 2.22. The molecule has 14 heavy (non-hydrogen) atoms. The van der Waals surface area contributed by atoms with E-state index in [0.717, 1.165) is 12.5 Å². The molecule has 0 radical (unpaired) electrons. The van der Waals surface area contributed by atoms with Crippen LogP contribution in [0, 0.1) is 11.3 Å². The summed E-state index contributed by atoms with van der Waals surface area (Å²) in [6, 6.07) is 0. The molecule has 2 nitrogen and oxygen atoms in total. The second-order valence-corrected chi connectivity index (χ2v) is 6.03. The van der Waals surface area contributed by atoms with Crippen molar-refractivity contribution in [3.05, 3.63) is 0 Å². The van der Waals surface area contributed by atoms with Gasteiger partial charge in [0, 0.05) is 13.1 Å². The lowest BCUT2D eigenvalue weighted by molar-refractivity contribution is 0.0665. The van der Waals surface area contributed by atoms with Crippen LogP contribution in [0.4, 0.5) is 0 Å². The quantitative estimate of drug-likeness (QED) is 0.711. The Morgan fingerprint density at radius 3 is 2.07 bits per heavy atom. The molecule has 1 rings (SSSR count). The lowest BCUT2D eigenvalue weighted by atomic mass is 9.67. The lowest BCUT2D eigenvalue weighted by Gasteiger charge is -2.41. The topological polar surface area (TPSA) is 32.3 Å². The van der Waals surface area contributed by atoms with Gasteiger partial charge in [0.15, 0.2) is 0 Å². The molecule has 0 bridgehead atoms. The van der Waals surface area contributed by atoms with Crippen LogP contribution in [0.3, 0.4) is 0 Å². The van der Waals surface area contributed by atoms with Gasteiger partial charge in [-0.3, -0.25) is 0 Å². The highest BCUT2D eigenvalue weighted by Gasteiger charge is 2.33. The van der Waals surface area contributed by atoms with Crippen molar-refractivity contribution in [2.24, 2.45) is 11.3 Å². The van der Waals surface area contributed by atoms with E-state index in [1.165, 1.54) is 19.3 Å². The molecular weight excluding hydrogens is 174 g/mol. The Labute approximate surface area is 88.1 Å². The highest BCUT2D eigenvalue weighted by Crippen LogP contribution is 2.41. The lowest BCUT2D eigenvalue weighted by Crippen LogP contribution is -2.43. The summed E-state index contributed by atoms with van der Waals surface area (Å²) in [7, 11) is 0. The van der Waals surface area contributed by atoms with E-state index >= 15 is 0 Å². The Bertz CT molecular complexity index is 177. The summed E-state index contributed by atoms with van der Waals surface area (Å²) >= 11 is 0. The van der Waals surface area contributed by atoms with Gasteiger partial charge in [0.2, 0.25) is 0 Å². The highest BCUT2D eigenvalue weighted by atomic mass is 16.3. The van der Waals surface area contributed by atoms with Crippen molar-refractivity contribution < 1.29 is 5.11 Å². The molecule has 0 saturated heterocycles. The maximum absolute atomic E-state index is 9.56. The van der Waals surface area contributed by atoms with Crippen LogP contribution in [-0.2, 0) is 0 Å². The maximum Gasteiger partial charge on any atom is 0.0715 e. The smallest absolute Gasteiger partial charge is 0.0715 e. The van der Waals surface area contributed by atoms with Crippen LogP contribution in [-0.4, -0.2) is 23.8 Å². The van der Waals surface area contributed by atoms with Gasteiger partial charge in [0.25, 0.3) is 0 Å². The average Bonchev–Trinajstić information content (AvgIpc) is 1.75. The Morgan fingerprint density at radius 2 is 1.71 bits per heavy atom. The SMILES string of the molecule is CC(C)(O)CNCC(C)(C)C1CCC1. The molecule has 0 aliphatic heterocycles. The van der Waals surface area contributed by atoms with Gasteiger partial charge >= 0.3 is 0 Å². The van der Waals surface area contributed by atoms with Gasteiger partial charge in [-0.2, -0.15) is 0 Å². The van der Waals surface area contributed by atoms with E-state index in [9.17, 15) is 5.11 Å². The fraction of sp³-hybridized carbons (Fsp3) is 1.00. The van der Waals surface area contributed by atoms with Crippen LogP contribution in [0.15, 0.2) is 0 Å². The van der Waals surface area contributed by atoms with Gasteiger partial charge in [-0.25, -0.2) is 0 Å². The second kappa shape index (κ2) is 4.19. The molecular formula is C12H25NO. The molecule has 1 fully saturated rings. The minimum atomic E-state index is -0.588. The van der Waals surface area contributed by atoms with Crippen LogP contribution in [0.5, 0.6) is 0 Å². The molecule has 1 saturated carbocycles. The van der Waals surface area contributed by atoms with Crippen LogP contribution in [0.1, 0.15) is 47.0 Å². The molecule has 2 N–H and O–H groups in total. The normalized spacial score (nSPS) is 19.5. The van der Waals surface area contributed by atoms with E-state index < -0.39 is 5.60 Å². The molecule has 0 heterocycles. The summed E-state index contributed by atoms with van der Waals surface area (Å²) in [6.07, 6.45) is 4.17. The summed E-state index contributed by atoms with van der Waals surface area (Å²) in [5.41, 5.74) is -0.195. The van der Waals surface area contributed by atoms with Crippen LogP contribution in [0.25, 0.3) is 0 Å². The number of aliphatic hydroxyl groups is 1. The molecule has 0 spiro atoms. The third kappa shape index (κ3) is 3.58. The Kier molecular flexibility index (Phi) is 3.59. The standard InChI is InChI=1S/C12H25NO/c1-11(2,10-6-5-7-10)8-13-9-12(3,4)14/h10,13-14H,5-9H2,1-4H3. The first kappa shape index (κ1) is 12.0. The summed E-state index contributed by atoms with van der Waals surface area (Å²) in [6.45, 7) is 10.0. The predicted molar refractivity (Wildman–Crippen MR) is 60.3 cm³/mol. The Hall–Kier alpha value is -0.0800. The summed E-state index contributed by atoms with van der Waals surface area (Å²) in [5, 5.41) is 12.9. The minimum absolute atomic E-state index is 0.392. The summed E-state index contributed by atoms with van der Waals surface area (Å²) in [4.78, 5) is 0. The molecule has 1 aliphatic rings. The van der Waals surface area contributed by atoms with E-state index in [1.54, 1.807) is 0 Å². The molecule has 84 valence electrons. The van der Waals surface area contributed by atoms with Crippen molar-refractivity contribution in [2.45, 2.75) is 52.6 Å². The third-order valence-electron chi connectivity index (χ3n) is 3.35. The van der Waals surface area contributed by atoms with E-state index in [-0.39, 0.29) is 0 Å². The summed E-state index contributed by atoms with van der Waals surface area (Å²) < 4.78 is 0. The Morgan fingerprint density at radius 1 is 1.14 bits per heavy atom. The molecule has 0 amide bonds. The third-order valence-corrected chi connectivity index (χ3v) is 3.35. The first-order chi connectivity index (χ1) is 6.31. The molecule has 0 aromatic rings. The fourth-order valence-corrected chi connectivity index (χ4v) is 2.02. The largest absolute Gasteiger partial charge is 0.389 e. The van der Waals surface area contributed by atoms with Crippen molar-refractivity contribution in [1.29, 1.82) is 0 Å². The predicted octanol–water partition coefficient (Wildman–Crippen LogP) is 2.17. The zero-order chi connectivity index (χ0) is 10.8. The van der Waals surface area contributed by atoms with Crippen LogP contribution < -0.4 is 5.32 Å². The van der Waals surface area contributed by atoms with Crippen molar-refractivity contribution in [1.82, 2.24) is 5.32 Å². The first-order valence-corrected chi connectivity index (χ1v) is 5.74. The second-order valence-electron chi connectivity index (χ2n) is 6.03. The molecule has 0 aromatic heterocycles. The zero-order valence-electron chi connectivity index (χ0n) is 10.1. The van der Waals surface area contributed by atoms with Crippen molar-refractivity contribution in [2.75, 3.05) is 13.1 Å². The van der Waals surface area contributed by atoms with Gasteiger partial charge in [0.1, 0.15) is 0 Å². The van der Waals surface area contributed by atoms with Gasteiger partial charge in [0.05, 0.1) is 5.60 Å². The van der Waals surface area contributed by atoms with E-state index in [0.29, 0.717) is 12.0 Å². The minimum Gasteiger partial charge on any atom is -0.389 e. The molecule has 2 heteroatoms. The van der Waals surface area contributed by atoms with Gasteiger partial charge in [-0.1, -0.05) is 20.3 Å². The zero-order valence-corrected chi connectivity index (χ0v) is 10.1. The van der Waals surface area contributed by atoms with E-state index in [4.69, 9.17) is 0 Å². The van der Waals surface area contributed by atoms with Gasteiger partial charge in [-0.15, -0.1) is 0 Å². The van der Waals surface area contributed by atoms with E-state index in [1.807, 2.05) is 13.8 Å².